The van der Waals surface area contributed by atoms with E-state index in [1.54, 1.807) is 7.11 Å². The molecule has 0 radical (unpaired) electrons. The molecule has 0 saturated carbocycles. The van der Waals surface area contributed by atoms with Crippen LogP contribution in [-0.2, 0) is 17.6 Å². The molecule has 0 aromatic heterocycles. The van der Waals surface area contributed by atoms with E-state index in [0.29, 0.717) is 31.0 Å². The summed E-state index contributed by atoms with van der Waals surface area (Å²) in [5.41, 5.74) is 6.67. The van der Waals surface area contributed by atoms with Crippen molar-refractivity contribution in [2.45, 2.75) is 31.3 Å². The molecule has 0 bridgehead atoms. The van der Waals surface area contributed by atoms with Gasteiger partial charge in [-0.3, -0.25) is 0 Å². The van der Waals surface area contributed by atoms with Gasteiger partial charge in [0.05, 0.1) is 18.8 Å². The first kappa shape index (κ1) is 15.6. The first-order chi connectivity index (χ1) is 9.58. The largest absolute Gasteiger partial charge is 0.493 e. The molecule has 112 valence electrons. The van der Waals surface area contributed by atoms with Crippen molar-refractivity contribution in [3.63, 3.8) is 0 Å². The third kappa shape index (κ3) is 3.64. The molecule has 1 aromatic rings. The van der Waals surface area contributed by atoms with Gasteiger partial charge in [0.15, 0.2) is 0 Å². The van der Waals surface area contributed by atoms with E-state index in [1.165, 1.54) is 0 Å². The zero-order chi connectivity index (χ0) is 14.6. The van der Waals surface area contributed by atoms with Crippen molar-refractivity contribution in [3.8, 4) is 5.75 Å². The number of ether oxygens (including phenoxy) is 2. The van der Waals surface area contributed by atoms with Crippen molar-refractivity contribution in [3.05, 3.63) is 28.3 Å². The Bertz CT molecular complexity index is 467. The van der Waals surface area contributed by atoms with E-state index >= 15 is 0 Å². The third-order valence-corrected chi connectivity index (χ3v) is 3.82. The first-order valence-corrected chi connectivity index (χ1v) is 7.31. The van der Waals surface area contributed by atoms with Crippen LogP contribution < -0.4 is 10.5 Å². The second kappa shape index (κ2) is 6.76. The van der Waals surface area contributed by atoms with Crippen LogP contribution in [0.25, 0.3) is 0 Å². The van der Waals surface area contributed by atoms with Crippen LogP contribution in [0.4, 0.5) is 0 Å². The molecular formula is C15H22ClNO3. The zero-order valence-corrected chi connectivity index (χ0v) is 12.6. The standard InChI is InChI=1S/C15H22ClNO3/c1-19-10-15(18,4-2-5-17)9-12-8-13(16)7-11-3-6-20-14(11)12/h7-8,18H,2-6,9-10,17H2,1H3. The molecule has 0 amide bonds. The van der Waals surface area contributed by atoms with Crippen LogP contribution in [0.3, 0.4) is 0 Å². The quantitative estimate of drug-likeness (QED) is 0.807. The molecule has 1 aliphatic heterocycles. The number of methoxy groups -OCH3 is 1. The van der Waals surface area contributed by atoms with E-state index in [2.05, 4.69) is 0 Å². The Kier molecular flexibility index (Phi) is 5.27. The summed E-state index contributed by atoms with van der Waals surface area (Å²) in [6, 6.07) is 3.80. The fraction of sp³-hybridized carbons (Fsp3) is 0.600. The Morgan fingerprint density at radius 2 is 2.30 bits per heavy atom. The van der Waals surface area contributed by atoms with Gasteiger partial charge in [-0.05, 0) is 42.6 Å². The Labute approximate surface area is 124 Å². The zero-order valence-electron chi connectivity index (χ0n) is 11.8. The molecule has 4 nitrogen and oxygen atoms in total. The van der Waals surface area contributed by atoms with Gasteiger partial charge in [0, 0.05) is 25.0 Å². The summed E-state index contributed by atoms with van der Waals surface area (Å²) in [6.07, 6.45) is 2.68. The van der Waals surface area contributed by atoms with Crippen molar-refractivity contribution in [2.24, 2.45) is 5.73 Å². The number of halogens is 1. The molecule has 1 unspecified atom stereocenters. The lowest BCUT2D eigenvalue weighted by Gasteiger charge is -2.28. The fourth-order valence-electron chi connectivity index (χ4n) is 2.74. The second-order valence-corrected chi connectivity index (χ2v) is 5.81. The normalized spacial score (nSPS) is 16.6. The van der Waals surface area contributed by atoms with Gasteiger partial charge in [0.25, 0.3) is 0 Å². The molecule has 0 aliphatic carbocycles. The Morgan fingerprint density at radius 3 is 3.00 bits per heavy atom. The monoisotopic (exact) mass is 299 g/mol. The number of nitrogens with two attached hydrogens (primary N) is 1. The summed E-state index contributed by atoms with van der Waals surface area (Å²) < 4.78 is 10.8. The molecule has 0 saturated heterocycles. The number of hydrogen-bond donors (Lipinski definition) is 2. The van der Waals surface area contributed by atoms with Gasteiger partial charge in [-0.15, -0.1) is 0 Å². The van der Waals surface area contributed by atoms with Gasteiger partial charge in [-0.2, -0.15) is 0 Å². The SMILES string of the molecule is COCC(O)(CCCN)Cc1cc(Cl)cc2c1OCC2. The summed E-state index contributed by atoms with van der Waals surface area (Å²) in [7, 11) is 1.59. The van der Waals surface area contributed by atoms with Crippen LogP contribution >= 0.6 is 11.6 Å². The van der Waals surface area contributed by atoms with Gasteiger partial charge in [0.1, 0.15) is 5.75 Å². The van der Waals surface area contributed by atoms with Crippen LogP contribution in [0, 0.1) is 0 Å². The van der Waals surface area contributed by atoms with E-state index < -0.39 is 5.60 Å². The van der Waals surface area contributed by atoms with E-state index in [-0.39, 0.29) is 6.61 Å². The highest BCUT2D eigenvalue weighted by Crippen LogP contribution is 2.35. The minimum absolute atomic E-state index is 0.272. The predicted octanol–water partition coefficient (Wildman–Crippen LogP) is 1.93. The van der Waals surface area contributed by atoms with Gasteiger partial charge < -0.3 is 20.3 Å². The highest BCUT2D eigenvalue weighted by atomic mass is 35.5. The summed E-state index contributed by atoms with van der Waals surface area (Å²) >= 11 is 6.15. The van der Waals surface area contributed by atoms with E-state index in [0.717, 1.165) is 29.7 Å². The molecule has 1 atom stereocenters. The van der Waals surface area contributed by atoms with Crippen LogP contribution in [0.5, 0.6) is 5.75 Å². The number of fused-ring (bicyclic) bond motifs is 1. The Hall–Kier alpha value is -0.810. The molecule has 0 spiro atoms. The number of hydrogen-bond acceptors (Lipinski definition) is 4. The molecule has 3 N–H and O–H groups in total. The molecular weight excluding hydrogens is 278 g/mol. The molecule has 20 heavy (non-hydrogen) atoms. The Morgan fingerprint density at radius 1 is 1.50 bits per heavy atom. The summed E-state index contributed by atoms with van der Waals surface area (Å²) in [5, 5.41) is 11.4. The Balaban J connectivity index is 2.22. The lowest BCUT2D eigenvalue weighted by Crippen LogP contribution is -2.37. The summed E-state index contributed by atoms with van der Waals surface area (Å²) in [4.78, 5) is 0. The molecule has 5 heteroatoms. The number of aliphatic hydroxyl groups is 1. The number of rotatable bonds is 7. The van der Waals surface area contributed by atoms with E-state index in [9.17, 15) is 5.11 Å². The minimum Gasteiger partial charge on any atom is -0.493 e. The van der Waals surface area contributed by atoms with Crippen molar-refractivity contribution < 1.29 is 14.6 Å². The highest BCUT2D eigenvalue weighted by Gasteiger charge is 2.30. The van der Waals surface area contributed by atoms with Crippen molar-refractivity contribution in [1.82, 2.24) is 0 Å². The first-order valence-electron chi connectivity index (χ1n) is 6.93. The maximum atomic E-state index is 10.7. The van der Waals surface area contributed by atoms with E-state index in [1.807, 2.05) is 12.1 Å². The molecule has 1 heterocycles. The van der Waals surface area contributed by atoms with Crippen LogP contribution in [-0.4, -0.2) is 37.6 Å². The average molecular weight is 300 g/mol. The molecule has 2 rings (SSSR count). The van der Waals surface area contributed by atoms with Crippen molar-refractivity contribution in [1.29, 1.82) is 0 Å². The number of benzene rings is 1. The van der Waals surface area contributed by atoms with Crippen molar-refractivity contribution >= 4 is 11.6 Å². The summed E-state index contributed by atoms with van der Waals surface area (Å²) in [6.45, 7) is 1.50. The van der Waals surface area contributed by atoms with Gasteiger partial charge >= 0.3 is 0 Å². The van der Waals surface area contributed by atoms with Gasteiger partial charge in [-0.1, -0.05) is 11.6 Å². The molecule has 1 aliphatic rings. The van der Waals surface area contributed by atoms with Gasteiger partial charge in [0.2, 0.25) is 0 Å². The third-order valence-electron chi connectivity index (χ3n) is 3.60. The van der Waals surface area contributed by atoms with Crippen LogP contribution in [0.1, 0.15) is 24.0 Å². The lowest BCUT2D eigenvalue weighted by molar-refractivity contribution is -0.0378. The highest BCUT2D eigenvalue weighted by molar-refractivity contribution is 6.30. The predicted molar refractivity (Wildman–Crippen MR) is 79.5 cm³/mol. The topological polar surface area (TPSA) is 64.7 Å². The maximum absolute atomic E-state index is 10.7. The average Bonchev–Trinajstić information content (AvgIpc) is 2.85. The minimum atomic E-state index is -0.932. The fourth-order valence-corrected chi connectivity index (χ4v) is 3.01. The van der Waals surface area contributed by atoms with Gasteiger partial charge in [-0.25, -0.2) is 0 Å². The lowest BCUT2D eigenvalue weighted by atomic mass is 9.89. The van der Waals surface area contributed by atoms with Crippen molar-refractivity contribution in [2.75, 3.05) is 26.9 Å². The maximum Gasteiger partial charge on any atom is 0.126 e. The van der Waals surface area contributed by atoms with E-state index in [4.69, 9.17) is 26.8 Å². The second-order valence-electron chi connectivity index (χ2n) is 5.38. The smallest absolute Gasteiger partial charge is 0.126 e. The molecule has 0 fully saturated rings. The summed E-state index contributed by atoms with van der Waals surface area (Å²) in [5.74, 6) is 0.872. The van der Waals surface area contributed by atoms with Crippen LogP contribution in [0.15, 0.2) is 12.1 Å². The van der Waals surface area contributed by atoms with Crippen LogP contribution in [0.2, 0.25) is 5.02 Å². The molecule has 1 aromatic carbocycles.